The minimum absolute atomic E-state index is 0.224. The molecule has 7 heteroatoms. The van der Waals surface area contributed by atoms with E-state index in [-0.39, 0.29) is 11.8 Å². The van der Waals surface area contributed by atoms with Crippen LogP contribution in [-0.4, -0.2) is 37.5 Å². The van der Waals surface area contributed by atoms with Crippen LogP contribution in [0.4, 0.5) is 5.88 Å². The zero-order chi connectivity index (χ0) is 13.2. The summed E-state index contributed by atoms with van der Waals surface area (Å²) in [6, 6.07) is 0. The number of rotatable bonds is 2. The first kappa shape index (κ1) is 12.8. The van der Waals surface area contributed by atoms with E-state index < -0.39 is 5.41 Å². The Hall–Kier alpha value is -1.63. The van der Waals surface area contributed by atoms with Crippen LogP contribution in [0.5, 0.6) is 0 Å². The van der Waals surface area contributed by atoms with Crippen LogP contribution < -0.4 is 14.9 Å². The molecule has 0 aliphatic carbocycles. The normalized spacial score (nSPS) is 18.2. The fraction of sp³-hybridized carbons (Fsp3) is 0.727. The number of hydrogen-bond donors (Lipinski definition) is 0. The topological polar surface area (TPSA) is 77.8 Å². The first-order valence-corrected chi connectivity index (χ1v) is 5.94. The maximum Gasteiger partial charge on any atom is 0.324 e. The van der Waals surface area contributed by atoms with Crippen molar-refractivity contribution in [3.63, 3.8) is 0 Å². The van der Waals surface area contributed by atoms with Crippen LogP contribution in [0.3, 0.4) is 0 Å². The number of morpholine rings is 1. The number of hydrogen-bond acceptors (Lipinski definition) is 6. The summed E-state index contributed by atoms with van der Waals surface area (Å²) in [6.45, 7) is 8.23. The van der Waals surface area contributed by atoms with Crippen molar-refractivity contribution in [2.45, 2.75) is 20.8 Å². The van der Waals surface area contributed by atoms with Gasteiger partial charge in [-0.3, -0.25) is 4.52 Å². The van der Waals surface area contributed by atoms with Crippen molar-refractivity contribution in [1.29, 1.82) is 0 Å². The summed E-state index contributed by atoms with van der Waals surface area (Å²) in [5.41, 5.74) is -0.517. The van der Waals surface area contributed by atoms with Gasteiger partial charge in [0.25, 0.3) is 6.20 Å². The van der Waals surface area contributed by atoms with E-state index in [0.29, 0.717) is 13.2 Å². The molecule has 0 unspecified atom stereocenters. The lowest BCUT2D eigenvalue weighted by Gasteiger charge is -2.24. The Morgan fingerprint density at radius 2 is 2.11 bits per heavy atom. The molecule has 100 valence electrons. The molecule has 1 saturated heterocycles. The largest absolute Gasteiger partial charge is 0.861 e. The van der Waals surface area contributed by atoms with Gasteiger partial charge in [-0.2, -0.15) is 0 Å². The Balaban J connectivity index is 2.10. The predicted octanol–water partition coefficient (Wildman–Crippen LogP) is -0.633. The number of aromatic nitrogens is 2. The van der Waals surface area contributed by atoms with Gasteiger partial charge in [0.2, 0.25) is 5.27 Å². The van der Waals surface area contributed by atoms with E-state index >= 15 is 0 Å². The quantitative estimate of drug-likeness (QED) is 0.399. The van der Waals surface area contributed by atoms with Gasteiger partial charge in [-0.15, -0.1) is 5.01 Å². The lowest BCUT2D eigenvalue weighted by molar-refractivity contribution is -0.759. The first-order valence-electron chi connectivity index (χ1n) is 5.94. The van der Waals surface area contributed by atoms with E-state index in [2.05, 4.69) is 10.3 Å². The van der Waals surface area contributed by atoms with Crippen molar-refractivity contribution < 1.29 is 19.2 Å². The molecule has 7 nitrogen and oxygen atoms in total. The maximum absolute atomic E-state index is 11.7. The first-order chi connectivity index (χ1) is 8.47. The fourth-order valence-electron chi connectivity index (χ4n) is 1.44. The van der Waals surface area contributed by atoms with Crippen molar-refractivity contribution >= 4 is 11.8 Å². The maximum atomic E-state index is 11.7. The molecule has 1 aliphatic heterocycles. The Kier molecular flexibility index (Phi) is 3.51. The molecule has 0 aromatic carbocycles. The summed E-state index contributed by atoms with van der Waals surface area (Å²) in [5, 5.41) is 17.5. The van der Waals surface area contributed by atoms with Crippen molar-refractivity contribution in [3.05, 3.63) is 6.20 Å². The molecule has 1 aliphatic rings. The minimum Gasteiger partial charge on any atom is -0.861 e. The van der Waals surface area contributed by atoms with Gasteiger partial charge in [-0.05, 0) is 11.3 Å². The molecule has 2 heterocycles. The lowest BCUT2D eigenvalue weighted by Crippen LogP contribution is -2.62. The van der Waals surface area contributed by atoms with Crippen LogP contribution in [0.25, 0.3) is 0 Å². The lowest BCUT2D eigenvalue weighted by atomic mass is 9.97. The van der Waals surface area contributed by atoms with Crippen LogP contribution in [0.15, 0.2) is 15.7 Å². The zero-order valence-corrected chi connectivity index (χ0v) is 10.9. The summed E-state index contributed by atoms with van der Waals surface area (Å²) in [5.74, 6) is -0.00538. The molecule has 1 aromatic heterocycles. The van der Waals surface area contributed by atoms with Gasteiger partial charge in [-0.25, -0.2) is 4.99 Å². The molecular formula is C11H18N4O3. The second kappa shape index (κ2) is 4.93. The third-order valence-corrected chi connectivity index (χ3v) is 2.57. The monoisotopic (exact) mass is 254 g/mol. The third kappa shape index (κ3) is 2.98. The molecule has 0 atom stereocenters. The van der Waals surface area contributed by atoms with Gasteiger partial charge in [0.05, 0.1) is 31.1 Å². The molecule has 0 radical (unpaired) electrons. The average Bonchev–Trinajstić information content (AvgIpc) is 2.77. The third-order valence-electron chi connectivity index (χ3n) is 2.57. The highest BCUT2D eigenvalue weighted by Gasteiger charge is 2.23. The van der Waals surface area contributed by atoms with Crippen LogP contribution >= 0.6 is 0 Å². The Morgan fingerprint density at radius 1 is 1.44 bits per heavy atom. The van der Waals surface area contributed by atoms with Gasteiger partial charge < -0.3 is 9.84 Å². The number of nitrogens with zero attached hydrogens (tertiary/aromatic N) is 4. The second-order valence-corrected chi connectivity index (χ2v) is 5.19. The van der Waals surface area contributed by atoms with Gasteiger partial charge >= 0.3 is 5.88 Å². The van der Waals surface area contributed by atoms with Gasteiger partial charge in [0, 0.05) is 0 Å². The van der Waals surface area contributed by atoms with Gasteiger partial charge in [-0.1, -0.05) is 20.8 Å². The van der Waals surface area contributed by atoms with E-state index in [4.69, 9.17) is 9.26 Å². The zero-order valence-electron chi connectivity index (χ0n) is 10.9. The highest BCUT2D eigenvalue weighted by Crippen LogP contribution is 2.16. The molecule has 0 bridgehead atoms. The Bertz CT molecular complexity index is 430. The van der Waals surface area contributed by atoms with E-state index in [9.17, 15) is 5.11 Å². The molecule has 0 saturated carbocycles. The van der Waals surface area contributed by atoms with Crippen LogP contribution in [-0.2, 0) is 4.74 Å². The predicted molar refractivity (Wildman–Crippen MR) is 62.0 cm³/mol. The Labute approximate surface area is 106 Å². The van der Waals surface area contributed by atoms with E-state index in [0.717, 1.165) is 13.1 Å². The van der Waals surface area contributed by atoms with Crippen LogP contribution in [0.2, 0.25) is 0 Å². The molecule has 0 spiro atoms. The van der Waals surface area contributed by atoms with Crippen LogP contribution in [0.1, 0.15) is 20.8 Å². The van der Waals surface area contributed by atoms with Gasteiger partial charge in [0.15, 0.2) is 0 Å². The van der Waals surface area contributed by atoms with Gasteiger partial charge in [0.1, 0.15) is 0 Å². The van der Waals surface area contributed by atoms with Crippen molar-refractivity contribution in [1.82, 2.24) is 5.27 Å². The van der Waals surface area contributed by atoms with Crippen molar-refractivity contribution in [2.24, 2.45) is 10.4 Å². The average molecular weight is 254 g/mol. The standard InChI is InChI=1S/C11H18N4O3/c1-11(2,3)10(16)12-9-8-15(13-18-9)14-4-6-17-7-5-14/h8H,4-7H2,1-3H3. The minimum atomic E-state index is -0.517. The second-order valence-electron chi connectivity index (χ2n) is 5.19. The smallest absolute Gasteiger partial charge is 0.324 e. The molecular weight excluding hydrogens is 236 g/mol. The number of ether oxygens (including phenoxy) is 1. The van der Waals surface area contributed by atoms with Crippen molar-refractivity contribution in [2.75, 3.05) is 31.3 Å². The van der Waals surface area contributed by atoms with E-state index in [1.54, 1.807) is 11.0 Å². The van der Waals surface area contributed by atoms with E-state index in [1.807, 2.05) is 25.8 Å². The van der Waals surface area contributed by atoms with E-state index in [1.165, 1.54) is 0 Å². The Morgan fingerprint density at radius 3 is 2.72 bits per heavy atom. The van der Waals surface area contributed by atoms with Crippen molar-refractivity contribution in [3.8, 4) is 0 Å². The molecule has 1 fully saturated rings. The molecule has 2 rings (SSSR count). The molecule has 1 aromatic rings. The summed E-state index contributed by atoms with van der Waals surface area (Å²) >= 11 is 0. The summed E-state index contributed by atoms with van der Waals surface area (Å²) < 4.78 is 10.3. The highest BCUT2D eigenvalue weighted by atomic mass is 16.5. The summed E-state index contributed by atoms with van der Waals surface area (Å²) in [7, 11) is 0. The summed E-state index contributed by atoms with van der Waals surface area (Å²) in [4.78, 5) is 5.47. The molecule has 0 N–H and O–H groups in total. The summed E-state index contributed by atoms with van der Waals surface area (Å²) in [6.07, 6.45) is 1.61. The molecule has 0 amide bonds. The SMILES string of the molecule is CC(C)(C)/C([O-])=N/c1c[n+](N2CCOCC2)no1. The van der Waals surface area contributed by atoms with Crippen LogP contribution in [0, 0.1) is 5.41 Å². The fourth-order valence-corrected chi connectivity index (χ4v) is 1.44. The highest BCUT2D eigenvalue weighted by molar-refractivity contribution is 5.79. The molecule has 18 heavy (non-hydrogen) atoms. The number of aliphatic imine (C=N–C) groups is 1.